The molecule has 9 heteroatoms. The number of hydrogen-bond acceptors (Lipinski definition) is 8. The fourth-order valence-corrected chi connectivity index (χ4v) is 3.35. The van der Waals surface area contributed by atoms with Gasteiger partial charge in [-0.25, -0.2) is 0 Å². The van der Waals surface area contributed by atoms with Crippen molar-refractivity contribution in [1.82, 2.24) is 15.5 Å². The molecule has 0 spiro atoms. The fraction of sp³-hybridized carbons (Fsp3) is 0.286. The second-order valence-corrected chi connectivity index (χ2v) is 7.08. The number of carbonyl (C=O) groups excluding carboxylic acids is 1. The first-order valence-corrected chi connectivity index (χ1v) is 10.2. The van der Waals surface area contributed by atoms with Crippen LogP contribution in [0.1, 0.15) is 5.56 Å². The van der Waals surface area contributed by atoms with Crippen LogP contribution in [0.3, 0.4) is 0 Å². The molecule has 0 saturated heterocycles. The van der Waals surface area contributed by atoms with Crippen LogP contribution < -0.4 is 19.5 Å². The van der Waals surface area contributed by atoms with E-state index in [4.69, 9.17) is 18.6 Å². The Morgan fingerprint density at radius 3 is 2.53 bits per heavy atom. The highest BCUT2D eigenvalue weighted by Gasteiger charge is 2.14. The average molecular weight is 429 g/mol. The molecular weight excluding hydrogens is 406 g/mol. The molecule has 2 aromatic carbocycles. The molecule has 0 fully saturated rings. The number of carbonyl (C=O) groups is 1. The third-order valence-electron chi connectivity index (χ3n) is 4.25. The molecular formula is C21H23N3O5S. The molecule has 1 heterocycles. The summed E-state index contributed by atoms with van der Waals surface area (Å²) >= 11 is 1.19. The standard InChI is InChI=1S/C21H23N3O5S/c1-26-16-7-5-4-6-15(16)20-23-24-21(29-20)30-13-19(25)22-11-10-14-8-9-17(27-2)18(12-14)28-3/h4-9,12H,10-11,13H2,1-3H3,(H,22,25). The number of nitrogens with zero attached hydrogens (tertiary/aromatic N) is 2. The van der Waals surface area contributed by atoms with Crippen molar-refractivity contribution in [2.24, 2.45) is 0 Å². The minimum absolute atomic E-state index is 0.113. The summed E-state index contributed by atoms with van der Waals surface area (Å²) in [6, 6.07) is 13.1. The van der Waals surface area contributed by atoms with Crippen LogP contribution in [-0.4, -0.2) is 49.7 Å². The van der Waals surface area contributed by atoms with E-state index in [0.717, 1.165) is 5.56 Å². The molecule has 0 aliphatic carbocycles. The van der Waals surface area contributed by atoms with Gasteiger partial charge in [-0.2, -0.15) is 0 Å². The van der Waals surface area contributed by atoms with Gasteiger partial charge in [0.15, 0.2) is 11.5 Å². The first-order chi connectivity index (χ1) is 14.6. The minimum Gasteiger partial charge on any atom is -0.496 e. The van der Waals surface area contributed by atoms with Crippen molar-refractivity contribution in [2.45, 2.75) is 11.6 Å². The predicted octanol–water partition coefficient (Wildman–Crippen LogP) is 3.21. The molecule has 1 aromatic heterocycles. The summed E-state index contributed by atoms with van der Waals surface area (Å²) in [5.74, 6) is 2.40. The molecule has 3 aromatic rings. The molecule has 3 rings (SSSR count). The largest absolute Gasteiger partial charge is 0.496 e. The van der Waals surface area contributed by atoms with Gasteiger partial charge in [0.2, 0.25) is 5.91 Å². The molecule has 0 unspecified atom stereocenters. The van der Waals surface area contributed by atoms with E-state index in [0.29, 0.717) is 46.9 Å². The van der Waals surface area contributed by atoms with Gasteiger partial charge in [0.05, 0.1) is 32.6 Å². The van der Waals surface area contributed by atoms with Crippen LogP contribution in [-0.2, 0) is 11.2 Å². The summed E-state index contributed by atoms with van der Waals surface area (Å²) in [5.41, 5.74) is 1.75. The predicted molar refractivity (Wildman–Crippen MR) is 113 cm³/mol. The molecule has 0 saturated carbocycles. The lowest BCUT2D eigenvalue weighted by molar-refractivity contribution is -0.118. The zero-order chi connectivity index (χ0) is 21.3. The maximum Gasteiger partial charge on any atom is 0.277 e. The van der Waals surface area contributed by atoms with Crippen molar-refractivity contribution in [2.75, 3.05) is 33.6 Å². The van der Waals surface area contributed by atoms with Crippen molar-refractivity contribution in [3.8, 4) is 28.7 Å². The second-order valence-electron chi connectivity index (χ2n) is 6.15. The molecule has 0 radical (unpaired) electrons. The van der Waals surface area contributed by atoms with Gasteiger partial charge in [-0.15, -0.1) is 10.2 Å². The fourth-order valence-electron chi connectivity index (χ4n) is 2.76. The van der Waals surface area contributed by atoms with Crippen molar-refractivity contribution in [1.29, 1.82) is 0 Å². The van der Waals surface area contributed by atoms with Crippen molar-refractivity contribution >= 4 is 17.7 Å². The Morgan fingerprint density at radius 1 is 1.00 bits per heavy atom. The van der Waals surface area contributed by atoms with Gasteiger partial charge in [-0.3, -0.25) is 4.79 Å². The highest BCUT2D eigenvalue weighted by Crippen LogP contribution is 2.30. The van der Waals surface area contributed by atoms with Gasteiger partial charge in [0.25, 0.3) is 11.1 Å². The number of rotatable bonds is 10. The molecule has 0 atom stereocenters. The average Bonchev–Trinajstić information content (AvgIpc) is 3.26. The lowest BCUT2D eigenvalue weighted by Gasteiger charge is -2.10. The smallest absolute Gasteiger partial charge is 0.277 e. The lowest BCUT2D eigenvalue weighted by atomic mass is 10.1. The van der Waals surface area contributed by atoms with Crippen LogP contribution in [0.15, 0.2) is 52.1 Å². The minimum atomic E-state index is -0.113. The number of thioether (sulfide) groups is 1. The number of nitrogens with one attached hydrogen (secondary N) is 1. The summed E-state index contributed by atoms with van der Waals surface area (Å²) in [6.45, 7) is 0.505. The number of benzene rings is 2. The number of methoxy groups -OCH3 is 3. The highest BCUT2D eigenvalue weighted by atomic mass is 32.2. The molecule has 158 valence electrons. The number of para-hydroxylation sites is 1. The number of amides is 1. The van der Waals surface area contributed by atoms with Gasteiger partial charge in [0.1, 0.15) is 5.75 Å². The SMILES string of the molecule is COc1ccc(CCNC(=O)CSc2nnc(-c3ccccc3OC)o2)cc1OC. The Hall–Kier alpha value is -3.20. The zero-order valence-corrected chi connectivity index (χ0v) is 17.8. The van der Waals surface area contributed by atoms with Crippen molar-refractivity contribution in [3.05, 3.63) is 48.0 Å². The van der Waals surface area contributed by atoms with Crippen molar-refractivity contribution in [3.63, 3.8) is 0 Å². The van der Waals surface area contributed by atoms with Gasteiger partial charge in [-0.05, 0) is 36.2 Å². The Morgan fingerprint density at radius 2 is 1.77 bits per heavy atom. The Balaban J connectivity index is 1.47. The van der Waals surface area contributed by atoms with E-state index in [1.807, 2.05) is 42.5 Å². The number of aromatic nitrogens is 2. The van der Waals surface area contributed by atoms with E-state index in [9.17, 15) is 4.79 Å². The first-order valence-electron chi connectivity index (χ1n) is 9.22. The molecule has 0 aliphatic heterocycles. The maximum absolute atomic E-state index is 12.1. The number of hydrogen-bond donors (Lipinski definition) is 1. The van der Waals surface area contributed by atoms with Crippen LogP contribution in [0, 0.1) is 0 Å². The normalized spacial score (nSPS) is 10.5. The lowest BCUT2D eigenvalue weighted by Crippen LogP contribution is -2.27. The summed E-state index contributed by atoms with van der Waals surface area (Å²) in [7, 11) is 4.77. The van der Waals surface area contributed by atoms with Gasteiger partial charge in [-0.1, -0.05) is 30.0 Å². The Bertz CT molecular complexity index is 992. The Kier molecular flexibility index (Phi) is 7.56. The van der Waals surface area contributed by atoms with E-state index in [1.165, 1.54) is 11.8 Å². The second kappa shape index (κ2) is 10.5. The highest BCUT2D eigenvalue weighted by molar-refractivity contribution is 7.99. The maximum atomic E-state index is 12.1. The van der Waals surface area contributed by atoms with Crippen LogP contribution in [0.25, 0.3) is 11.5 Å². The van der Waals surface area contributed by atoms with Gasteiger partial charge < -0.3 is 23.9 Å². The topological polar surface area (TPSA) is 95.7 Å². The molecule has 0 bridgehead atoms. The quantitative estimate of drug-likeness (QED) is 0.491. The molecule has 30 heavy (non-hydrogen) atoms. The van der Waals surface area contributed by atoms with E-state index in [-0.39, 0.29) is 11.7 Å². The first kappa shape index (κ1) is 21.5. The van der Waals surface area contributed by atoms with E-state index in [1.54, 1.807) is 21.3 Å². The summed E-state index contributed by atoms with van der Waals surface area (Å²) in [4.78, 5) is 12.1. The summed E-state index contributed by atoms with van der Waals surface area (Å²) in [6.07, 6.45) is 0.676. The van der Waals surface area contributed by atoms with Crippen LogP contribution >= 0.6 is 11.8 Å². The zero-order valence-electron chi connectivity index (χ0n) is 17.0. The third-order valence-corrected chi connectivity index (χ3v) is 5.07. The van der Waals surface area contributed by atoms with E-state index < -0.39 is 0 Å². The number of ether oxygens (including phenoxy) is 3. The van der Waals surface area contributed by atoms with Gasteiger partial charge in [0, 0.05) is 6.54 Å². The van der Waals surface area contributed by atoms with Crippen LogP contribution in [0.4, 0.5) is 0 Å². The van der Waals surface area contributed by atoms with Crippen LogP contribution in [0.5, 0.6) is 17.2 Å². The molecule has 8 nitrogen and oxygen atoms in total. The van der Waals surface area contributed by atoms with Gasteiger partial charge >= 0.3 is 0 Å². The monoisotopic (exact) mass is 429 g/mol. The van der Waals surface area contributed by atoms with E-state index in [2.05, 4.69) is 15.5 Å². The van der Waals surface area contributed by atoms with E-state index >= 15 is 0 Å². The summed E-state index contributed by atoms with van der Waals surface area (Å²) < 4.78 is 21.5. The van der Waals surface area contributed by atoms with Crippen molar-refractivity contribution < 1.29 is 23.4 Å². The Labute approximate surface area is 178 Å². The molecule has 1 amide bonds. The third kappa shape index (κ3) is 5.44. The van der Waals surface area contributed by atoms with Crippen LogP contribution in [0.2, 0.25) is 0 Å². The molecule has 1 N–H and O–H groups in total. The molecule has 0 aliphatic rings. The summed E-state index contributed by atoms with van der Waals surface area (Å²) in [5, 5.41) is 11.2.